The van der Waals surface area contributed by atoms with E-state index in [1.165, 1.54) is 5.56 Å². The van der Waals surface area contributed by atoms with Gasteiger partial charge in [-0.3, -0.25) is 0 Å². The molecule has 1 N–H and O–H groups in total. The Hall–Kier alpha value is -2.89. The number of nitrogens with one attached hydrogen (secondary N) is 1. The van der Waals surface area contributed by atoms with E-state index in [2.05, 4.69) is 40.8 Å². The molecule has 0 saturated carbocycles. The minimum Gasteiger partial charge on any atom is -0.324 e. The van der Waals surface area contributed by atoms with Crippen LogP contribution in [0, 0.1) is 0 Å². The van der Waals surface area contributed by atoms with E-state index in [1.54, 1.807) is 6.20 Å². The molecule has 0 radical (unpaired) electrons. The fourth-order valence-corrected chi connectivity index (χ4v) is 3.78. The third kappa shape index (κ3) is 3.39. The van der Waals surface area contributed by atoms with Gasteiger partial charge in [-0.15, -0.1) is 0 Å². The second kappa shape index (κ2) is 7.39. The molecular formula is C21H25N5O. The molecule has 6 heteroatoms. The van der Waals surface area contributed by atoms with Crippen molar-refractivity contribution >= 4 is 22.9 Å². The number of amides is 2. The molecule has 0 aliphatic carbocycles. The number of imidazole rings is 1. The Morgan fingerprint density at radius 1 is 1.22 bits per heavy atom. The van der Waals surface area contributed by atoms with Crippen molar-refractivity contribution in [3.63, 3.8) is 0 Å². The summed E-state index contributed by atoms with van der Waals surface area (Å²) >= 11 is 0. The number of likely N-dealkylation sites (tertiary alicyclic amines) is 1. The van der Waals surface area contributed by atoms with E-state index < -0.39 is 0 Å². The van der Waals surface area contributed by atoms with Crippen LogP contribution in [0.5, 0.6) is 0 Å². The Morgan fingerprint density at radius 2 is 2.04 bits per heavy atom. The first-order valence-corrected chi connectivity index (χ1v) is 9.65. The first kappa shape index (κ1) is 17.5. The van der Waals surface area contributed by atoms with Crippen molar-refractivity contribution in [1.82, 2.24) is 19.4 Å². The maximum absolute atomic E-state index is 12.6. The highest BCUT2D eigenvalue weighted by atomic mass is 16.2. The lowest BCUT2D eigenvalue weighted by molar-refractivity contribution is 0.222. The number of hydrogen-bond donors (Lipinski definition) is 1. The molecule has 3 aromatic rings. The van der Waals surface area contributed by atoms with Crippen LogP contribution in [0.1, 0.15) is 37.6 Å². The molecule has 1 fully saturated rings. The van der Waals surface area contributed by atoms with Gasteiger partial charge in [0.05, 0.1) is 0 Å². The van der Waals surface area contributed by atoms with E-state index in [9.17, 15) is 4.79 Å². The maximum atomic E-state index is 12.6. The van der Waals surface area contributed by atoms with Crippen molar-refractivity contribution in [3.8, 4) is 0 Å². The Balaban J connectivity index is 1.47. The van der Waals surface area contributed by atoms with Crippen LogP contribution in [0.25, 0.3) is 11.2 Å². The van der Waals surface area contributed by atoms with Crippen molar-refractivity contribution in [2.75, 3.05) is 18.4 Å². The van der Waals surface area contributed by atoms with Crippen molar-refractivity contribution in [1.29, 1.82) is 0 Å². The number of hydrogen-bond acceptors (Lipinski definition) is 3. The molecular weight excluding hydrogens is 338 g/mol. The number of carbonyl (C=O) groups is 1. The highest BCUT2D eigenvalue weighted by molar-refractivity contribution is 5.89. The minimum absolute atomic E-state index is 0.0426. The quantitative estimate of drug-likeness (QED) is 0.761. The highest BCUT2D eigenvalue weighted by Gasteiger charge is 2.31. The average Bonchev–Trinajstić information content (AvgIpc) is 3.33. The van der Waals surface area contributed by atoms with E-state index >= 15 is 0 Å². The van der Waals surface area contributed by atoms with E-state index in [4.69, 9.17) is 4.98 Å². The van der Waals surface area contributed by atoms with Crippen LogP contribution in [0.15, 0.2) is 42.6 Å². The molecule has 4 rings (SSSR count). The largest absolute Gasteiger partial charge is 0.324 e. The smallest absolute Gasteiger partial charge is 0.321 e. The first-order valence-electron chi connectivity index (χ1n) is 9.65. The van der Waals surface area contributed by atoms with Gasteiger partial charge in [-0.05, 0) is 49.6 Å². The van der Waals surface area contributed by atoms with Crippen LogP contribution in [0.4, 0.5) is 10.5 Å². The molecule has 27 heavy (non-hydrogen) atoms. The number of anilines is 1. The minimum atomic E-state index is -0.0426. The van der Waals surface area contributed by atoms with Gasteiger partial charge < -0.3 is 14.8 Å². The molecule has 2 aromatic heterocycles. The van der Waals surface area contributed by atoms with Gasteiger partial charge in [-0.1, -0.05) is 19.1 Å². The summed E-state index contributed by atoms with van der Waals surface area (Å²) in [6.07, 6.45) is 3.72. The summed E-state index contributed by atoms with van der Waals surface area (Å²) in [6.45, 7) is 6.48. The van der Waals surface area contributed by atoms with Crippen LogP contribution in [0.2, 0.25) is 0 Å². The molecule has 140 valence electrons. The van der Waals surface area contributed by atoms with Crippen LogP contribution >= 0.6 is 0 Å². The number of fused-ring (bicyclic) bond motifs is 1. The second-order valence-electron chi connectivity index (χ2n) is 6.97. The molecule has 1 saturated heterocycles. The summed E-state index contributed by atoms with van der Waals surface area (Å²) in [5.74, 6) is 1.28. The summed E-state index contributed by atoms with van der Waals surface area (Å²) in [4.78, 5) is 23.8. The molecule has 0 bridgehead atoms. The highest BCUT2D eigenvalue weighted by Crippen LogP contribution is 2.29. The standard InChI is InChI=1S/C21H25N5O/c1-3-15-7-9-17(10-8-15)23-21(27)25-13-11-16(14-25)19-24-18-6-5-12-22-20(18)26(19)4-2/h5-10,12,16H,3-4,11,13-14H2,1-2H3,(H,23,27)/t16-/m0/s1. The lowest BCUT2D eigenvalue weighted by atomic mass is 10.1. The van der Waals surface area contributed by atoms with Crippen LogP contribution < -0.4 is 5.32 Å². The number of pyridine rings is 1. The van der Waals surface area contributed by atoms with E-state index in [1.807, 2.05) is 29.2 Å². The summed E-state index contributed by atoms with van der Waals surface area (Å²) in [7, 11) is 0. The number of urea groups is 1. The fourth-order valence-electron chi connectivity index (χ4n) is 3.78. The van der Waals surface area contributed by atoms with Gasteiger partial charge in [0.15, 0.2) is 5.65 Å². The number of carbonyl (C=O) groups excluding carboxylic acids is 1. The van der Waals surface area contributed by atoms with Crippen LogP contribution in [-0.4, -0.2) is 38.6 Å². The Morgan fingerprint density at radius 3 is 2.78 bits per heavy atom. The zero-order valence-corrected chi connectivity index (χ0v) is 15.9. The van der Waals surface area contributed by atoms with Crippen LogP contribution in [-0.2, 0) is 13.0 Å². The number of nitrogens with zero attached hydrogens (tertiary/aromatic N) is 4. The van der Waals surface area contributed by atoms with Gasteiger partial charge in [-0.25, -0.2) is 14.8 Å². The number of rotatable bonds is 4. The van der Waals surface area contributed by atoms with Crippen molar-refractivity contribution in [2.45, 2.75) is 39.2 Å². The predicted octanol–water partition coefficient (Wildman–Crippen LogP) is 4.04. The number of aromatic nitrogens is 3. The Labute approximate surface area is 159 Å². The zero-order chi connectivity index (χ0) is 18.8. The van der Waals surface area contributed by atoms with Gasteiger partial charge in [0.25, 0.3) is 0 Å². The molecule has 2 amide bonds. The average molecular weight is 363 g/mol. The second-order valence-corrected chi connectivity index (χ2v) is 6.97. The normalized spacial score (nSPS) is 16.8. The zero-order valence-electron chi connectivity index (χ0n) is 15.9. The molecule has 1 aliphatic heterocycles. The van der Waals surface area contributed by atoms with Gasteiger partial charge in [0.1, 0.15) is 11.3 Å². The predicted molar refractivity (Wildman–Crippen MR) is 107 cm³/mol. The molecule has 1 aliphatic rings. The third-order valence-electron chi connectivity index (χ3n) is 5.30. The number of benzene rings is 1. The lowest BCUT2D eigenvalue weighted by Gasteiger charge is -2.18. The SMILES string of the molecule is CCc1ccc(NC(=O)N2CC[C@H](c3nc4cccnc4n3CC)C2)cc1. The Kier molecular flexibility index (Phi) is 4.79. The van der Waals surface area contributed by atoms with Gasteiger partial charge >= 0.3 is 6.03 Å². The summed E-state index contributed by atoms with van der Waals surface area (Å²) in [5.41, 5.74) is 3.95. The van der Waals surface area contributed by atoms with E-state index in [0.29, 0.717) is 6.54 Å². The first-order chi connectivity index (χ1) is 13.2. The summed E-state index contributed by atoms with van der Waals surface area (Å²) < 4.78 is 2.17. The third-order valence-corrected chi connectivity index (χ3v) is 5.30. The topological polar surface area (TPSA) is 63.1 Å². The van der Waals surface area contributed by atoms with Crippen molar-refractivity contribution < 1.29 is 4.79 Å². The van der Waals surface area contributed by atoms with E-state index in [0.717, 1.165) is 48.6 Å². The number of aryl methyl sites for hydroxylation is 2. The maximum Gasteiger partial charge on any atom is 0.321 e. The van der Waals surface area contributed by atoms with Crippen molar-refractivity contribution in [2.24, 2.45) is 0 Å². The molecule has 1 atom stereocenters. The molecule has 3 heterocycles. The monoisotopic (exact) mass is 363 g/mol. The van der Waals surface area contributed by atoms with Gasteiger partial charge in [0.2, 0.25) is 0 Å². The molecule has 1 aromatic carbocycles. The van der Waals surface area contributed by atoms with Crippen LogP contribution in [0.3, 0.4) is 0 Å². The molecule has 0 unspecified atom stereocenters. The Bertz CT molecular complexity index is 947. The van der Waals surface area contributed by atoms with Gasteiger partial charge in [0, 0.05) is 37.4 Å². The molecule has 0 spiro atoms. The fraction of sp³-hybridized carbons (Fsp3) is 0.381. The van der Waals surface area contributed by atoms with Crippen molar-refractivity contribution in [3.05, 3.63) is 54.0 Å². The summed E-state index contributed by atoms with van der Waals surface area (Å²) in [6, 6.07) is 11.9. The molecule has 6 nitrogen and oxygen atoms in total. The van der Waals surface area contributed by atoms with Gasteiger partial charge in [-0.2, -0.15) is 0 Å². The summed E-state index contributed by atoms with van der Waals surface area (Å²) in [5, 5.41) is 3.01. The van der Waals surface area contributed by atoms with E-state index in [-0.39, 0.29) is 11.9 Å². The lowest BCUT2D eigenvalue weighted by Crippen LogP contribution is -2.33.